The van der Waals surface area contributed by atoms with E-state index < -0.39 is 0 Å². The quantitative estimate of drug-likeness (QED) is 0.521. The summed E-state index contributed by atoms with van der Waals surface area (Å²) in [4.78, 5) is 7.84. The van der Waals surface area contributed by atoms with Crippen LogP contribution in [0.5, 0.6) is 0 Å². The van der Waals surface area contributed by atoms with Gasteiger partial charge in [0.2, 0.25) is 5.96 Å². The highest BCUT2D eigenvalue weighted by molar-refractivity contribution is 7.98. The van der Waals surface area contributed by atoms with Gasteiger partial charge < -0.3 is 10.6 Å². The number of rotatable bonds is 2. The van der Waals surface area contributed by atoms with Crippen molar-refractivity contribution in [1.29, 1.82) is 0 Å². The van der Waals surface area contributed by atoms with Crippen LogP contribution < -0.4 is 10.6 Å². The number of aliphatic imine (C=N–C) groups is 1. The third-order valence-electron chi connectivity index (χ3n) is 3.48. The van der Waals surface area contributed by atoms with Crippen molar-refractivity contribution >= 4 is 29.1 Å². The first-order chi connectivity index (χ1) is 9.79. The van der Waals surface area contributed by atoms with Gasteiger partial charge in [0.15, 0.2) is 0 Å². The van der Waals surface area contributed by atoms with E-state index >= 15 is 0 Å². The molecule has 2 N–H and O–H groups in total. The first-order valence-electron chi connectivity index (χ1n) is 6.62. The van der Waals surface area contributed by atoms with Crippen LogP contribution in [0.4, 0.5) is 11.4 Å². The highest BCUT2D eigenvalue weighted by Crippen LogP contribution is 2.30. The lowest BCUT2D eigenvalue weighted by atomic mass is 10.2. The Hall–Kier alpha value is -1.94. The summed E-state index contributed by atoms with van der Waals surface area (Å²) in [6.07, 6.45) is 3.08. The molecule has 1 aliphatic rings. The van der Waals surface area contributed by atoms with E-state index in [0.717, 1.165) is 23.5 Å². The number of anilines is 1. The van der Waals surface area contributed by atoms with Crippen LogP contribution in [0.25, 0.3) is 0 Å². The number of fused-ring (bicyclic) bond motifs is 1. The zero-order valence-corrected chi connectivity index (χ0v) is 12.2. The van der Waals surface area contributed by atoms with Crippen molar-refractivity contribution in [2.45, 2.75) is 11.3 Å². The van der Waals surface area contributed by atoms with Gasteiger partial charge in [-0.25, -0.2) is 4.99 Å². The smallest absolute Gasteiger partial charge is 0.201 e. The van der Waals surface area contributed by atoms with E-state index in [2.05, 4.69) is 40.4 Å². The maximum absolute atomic E-state index is 6.22. The number of benzene rings is 2. The molecule has 0 aromatic heterocycles. The first-order valence-corrected chi connectivity index (χ1v) is 7.84. The minimum Gasteiger partial charge on any atom is -0.369 e. The minimum absolute atomic E-state index is 0.566. The average Bonchev–Trinajstić information content (AvgIpc) is 2.92. The van der Waals surface area contributed by atoms with Crippen LogP contribution in [0.1, 0.15) is 5.56 Å². The van der Waals surface area contributed by atoms with E-state index in [1.165, 1.54) is 11.3 Å². The van der Waals surface area contributed by atoms with Crippen LogP contribution >= 0.6 is 11.8 Å². The lowest BCUT2D eigenvalue weighted by molar-refractivity contribution is 1.01. The Labute approximate surface area is 123 Å². The van der Waals surface area contributed by atoms with Gasteiger partial charge in [0.1, 0.15) is 0 Å². The van der Waals surface area contributed by atoms with Gasteiger partial charge in [-0.05, 0) is 36.4 Å². The van der Waals surface area contributed by atoms with Gasteiger partial charge in [-0.15, -0.1) is 11.8 Å². The molecular weight excluding hydrogens is 266 g/mol. The Morgan fingerprint density at radius 3 is 2.75 bits per heavy atom. The number of nitrogens with two attached hydrogens (primary N) is 1. The summed E-state index contributed by atoms with van der Waals surface area (Å²) in [7, 11) is 0. The summed E-state index contributed by atoms with van der Waals surface area (Å²) < 4.78 is 0. The summed E-state index contributed by atoms with van der Waals surface area (Å²) in [5.41, 5.74) is 9.66. The predicted molar refractivity (Wildman–Crippen MR) is 87.0 cm³/mol. The Morgan fingerprint density at radius 2 is 1.90 bits per heavy atom. The van der Waals surface area contributed by atoms with Crippen molar-refractivity contribution in [3.05, 3.63) is 54.1 Å². The lowest BCUT2D eigenvalue weighted by Crippen LogP contribution is -2.35. The Bertz CT molecular complexity index is 652. The van der Waals surface area contributed by atoms with Crippen LogP contribution in [0, 0.1) is 0 Å². The van der Waals surface area contributed by atoms with Crippen molar-refractivity contribution in [3.8, 4) is 0 Å². The second-order valence-corrected chi connectivity index (χ2v) is 5.52. The second kappa shape index (κ2) is 5.59. The SMILES string of the molecule is CSc1ccccc1N=C(N)N1CCc2ccccc21. The van der Waals surface area contributed by atoms with Crippen LogP contribution in [0.2, 0.25) is 0 Å². The molecule has 0 fully saturated rings. The third-order valence-corrected chi connectivity index (χ3v) is 4.27. The van der Waals surface area contributed by atoms with E-state index in [1.54, 1.807) is 11.8 Å². The van der Waals surface area contributed by atoms with Crippen LogP contribution in [-0.2, 0) is 6.42 Å². The number of nitrogens with zero attached hydrogens (tertiary/aromatic N) is 2. The maximum atomic E-state index is 6.22. The van der Waals surface area contributed by atoms with Crippen molar-refractivity contribution in [1.82, 2.24) is 0 Å². The molecule has 0 radical (unpaired) electrons. The molecule has 0 unspecified atom stereocenters. The van der Waals surface area contributed by atoms with Crippen LogP contribution in [0.15, 0.2) is 58.4 Å². The van der Waals surface area contributed by atoms with Crippen molar-refractivity contribution in [2.75, 3.05) is 17.7 Å². The van der Waals surface area contributed by atoms with E-state index in [0.29, 0.717) is 5.96 Å². The van der Waals surface area contributed by atoms with E-state index in [9.17, 15) is 0 Å². The van der Waals surface area contributed by atoms with Gasteiger partial charge in [0, 0.05) is 17.1 Å². The zero-order chi connectivity index (χ0) is 13.9. The number of hydrogen-bond acceptors (Lipinski definition) is 2. The summed E-state index contributed by atoms with van der Waals surface area (Å²) >= 11 is 1.68. The fourth-order valence-corrected chi connectivity index (χ4v) is 3.02. The topological polar surface area (TPSA) is 41.6 Å². The van der Waals surface area contributed by atoms with Crippen LogP contribution in [0.3, 0.4) is 0 Å². The molecule has 0 bridgehead atoms. The predicted octanol–water partition coefficient (Wildman–Crippen LogP) is 3.42. The fraction of sp³-hybridized carbons (Fsp3) is 0.188. The second-order valence-electron chi connectivity index (χ2n) is 4.67. The largest absolute Gasteiger partial charge is 0.369 e. The minimum atomic E-state index is 0.566. The summed E-state index contributed by atoms with van der Waals surface area (Å²) in [5.74, 6) is 0.566. The van der Waals surface area contributed by atoms with Crippen LogP contribution in [-0.4, -0.2) is 18.8 Å². The van der Waals surface area contributed by atoms with Gasteiger partial charge in [-0.2, -0.15) is 0 Å². The molecule has 0 saturated heterocycles. The molecule has 102 valence electrons. The van der Waals surface area contributed by atoms with Gasteiger partial charge in [0.25, 0.3) is 0 Å². The standard InChI is InChI=1S/C16H17N3S/c1-20-15-9-5-3-7-13(15)18-16(17)19-11-10-12-6-2-4-8-14(12)19/h2-9H,10-11H2,1H3,(H2,17,18). The lowest BCUT2D eigenvalue weighted by Gasteiger charge is -2.18. The molecule has 0 aliphatic carbocycles. The molecule has 0 atom stereocenters. The number of guanidine groups is 1. The summed E-state index contributed by atoms with van der Waals surface area (Å²) in [6.45, 7) is 0.899. The molecule has 2 aromatic rings. The Morgan fingerprint density at radius 1 is 1.15 bits per heavy atom. The highest BCUT2D eigenvalue weighted by atomic mass is 32.2. The molecular formula is C16H17N3S. The normalized spacial score (nSPS) is 14.4. The van der Waals surface area contributed by atoms with E-state index in [-0.39, 0.29) is 0 Å². The molecule has 0 saturated carbocycles. The molecule has 20 heavy (non-hydrogen) atoms. The number of para-hydroxylation sites is 2. The molecule has 1 heterocycles. The molecule has 0 amide bonds. The third kappa shape index (κ3) is 2.39. The van der Waals surface area contributed by atoms with Crippen molar-refractivity contribution in [3.63, 3.8) is 0 Å². The molecule has 1 aliphatic heterocycles. The summed E-state index contributed by atoms with van der Waals surface area (Å²) in [5, 5.41) is 0. The first kappa shape index (κ1) is 13.1. The number of thioether (sulfide) groups is 1. The van der Waals surface area contributed by atoms with Crippen molar-refractivity contribution < 1.29 is 0 Å². The molecule has 3 rings (SSSR count). The monoisotopic (exact) mass is 283 g/mol. The summed E-state index contributed by atoms with van der Waals surface area (Å²) in [6, 6.07) is 16.4. The fourth-order valence-electron chi connectivity index (χ4n) is 2.48. The molecule has 0 spiro atoms. The average molecular weight is 283 g/mol. The Balaban J connectivity index is 1.94. The Kier molecular flexibility index (Phi) is 3.65. The van der Waals surface area contributed by atoms with Gasteiger partial charge in [-0.3, -0.25) is 0 Å². The molecule has 2 aromatic carbocycles. The maximum Gasteiger partial charge on any atom is 0.201 e. The van der Waals surface area contributed by atoms with Gasteiger partial charge in [-0.1, -0.05) is 30.3 Å². The highest BCUT2D eigenvalue weighted by Gasteiger charge is 2.21. The van der Waals surface area contributed by atoms with E-state index in [1.807, 2.05) is 24.3 Å². The van der Waals surface area contributed by atoms with Gasteiger partial charge in [0.05, 0.1) is 5.69 Å². The molecule has 3 nitrogen and oxygen atoms in total. The zero-order valence-electron chi connectivity index (χ0n) is 11.4. The van der Waals surface area contributed by atoms with E-state index in [4.69, 9.17) is 5.73 Å². The van der Waals surface area contributed by atoms with Crippen molar-refractivity contribution in [2.24, 2.45) is 10.7 Å². The van der Waals surface area contributed by atoms with Gasteiger partial charge >= 0.3 is 0 Å². The number of hydrogen-bond donors (Lipinski definition) is 1. The molecule has 4 heteroatoms.